The van der Waals surface area contributed by atoms with E-state index < -0.39 is 0 Å². The minimum absolute atomic E-state index is 0.0356. The highest BCUT2D eigenvalue weighted by molar-refractivity contribution is 8.13. The zero-order chi connectivity index (χ0) is 21.0. The van der Waals surface area contributed by atoms with Gasteiger partial charge in [0.1, 0.15) is 11.6 Å². The van der Waals surface area contributed by atoms with E-state index in [9.17, 15) is 14.9 Å². The Labute approximate surface area is 178 Å². The van der Waals surface area contributed by atoms with Crippen LogP contribution in [0, 0.1) is 25.2 Å². The first kappa shape index (κ1) is 21.2. The molecular formula is C21H21ClN4O2S. The fourth-order valence-corrected chi connectivity index (χ4v) is 4.46. The van der Waals surface area contributed by atoms with Gasteiger partial charge in [0.05, 0.1) is 10.7 Å². The molecule has 1 aromatic carbocycles. The number of amidine groups is 1. The van der Waals surface area contributed by atoms with E-state index in [1.54, 1.807) is 36.6 Å². The monoisotopic (exact) mass is 428 g/mol. The molecule has 1 aromatic heterocycles. The first-order valence-electron chi connectivity index (χ1n) is 9.31. The number of hydrogen-bond donors (Lipinski definition) is 1. The number of benzene rings is 1. The Balaban J connectivity index is 1.80. The van der Waals surface area contributed by atoms with Crippen LogP contribution in [0.4, 0.5) is 5.69 Å². The predicted molar refractivity (Wildman–Crippen MR) is 117 cm³/mol. The number of aliphatic imine (C=N–C) groups is 1. The van der Waals surface area contributed by atoms with E-state index in [0.29, 0.717) is 40.1 Å². The molecule has 1 saturated heterocycles. The van der Waals surface area contributed by atoms with E-state index in [-0.39, 0.29) is 23.5 Å². The number of aromatic amines is 1. The van der Waals surface area contributed by atoms with Gasteiger partial charge >= 0.3 is 0 Å². The molecule has 0 radical (unpaired) electrons. The number of H-pyrrole nitrogens is 1. The summed E-state index contributed by atoms with van der Waals surface area (Å²) in [6, 6.07) is 9.24. The van der Waals surface area contributed by atoms with Crippen LogP contribution in [-0.4, -0.2) is 33.3 Å². The number of hydrogen-bond acceptors (Lipinski definition) is 5. The number of rotatable bonds is 4. The number of para-hydroxylation sites is 1. The van der Waals surface area contributed by atoms with Crippen molar-refractivity contribution in [3.8, 4) is 6.07 Å². The van der Waals surface area contributed by atoms with Crippen LogP contribution >= 0.6 is 23.4 Å². The lowest BCUT2D eigenvalue weighted by Gasteiger charge is -2.28. The smallest absolute Gasteiger partial charge is 0.266 e. The van der Waals surface area contributed by atoms with Crippen LogP contribution < -0.4 is 5.56 Å². The summed E-state index contributed by atoms with van der Waals surface area (Å²) in [7, 11) is 0. The summed E-state index contributed by atoms with van der Waals surface area (Å²) >= 11 is 7.76. The summed E-state index contributed by atoms with van der Waals surface area (Å²) in [5.74, 6) is 0.864. The molecule has 0 unspecified atom stereocenters. The van der Waals surface area contributed by atoms with Crippen LogP contribution in [0.25, 0.3) is 0 Å². The third-order valence-corrected chi connectivity index (χ3v) is 6.25. The third kappa shape index (κ3) is 4.72. The summed E-state index contributed by atoms with van der Waals surface area (Å²) in [5.41, 5.74) is 2.52. The van der Waals surface area contributed by atoms with E-state index in [1.807, 2.05) is 24.3 Å². The Morgan fingerprint density at radius 1 is 1.38 bits per heavy atom. The normalized spacial score (nSPS) is 15.4. The number of carbonyl (C=O) groups is 1. The van der Waals surface area contributed by atoms with Gasteiger partial charge in [-0.15, -0.1) is 0 Å². The minimum Gasteiger partial charge on any atom is -0.325 e. The van der Waals surface area contributed by atoms with Gasteiger partial charge in [0.2, 0.25) is 5.91 Å². The number of amides is 1. The van der Waals surface area contributed by atoms with Crippen molar-refractivity contribution in [2.45, 2.75) is 33.1 Å². The van der Waals surface area contributed by atoms with Gasteiger partial charge in [-0.25, -0.2) is 4.99 Å². The number of carbonyl (C=O) groups excluding carboxylic acids is 1. The Morgan fingerprint density at radius 2 is 2.14 bits per heavy atom. The summed E-state index contributed by atoms with van der Waals surface area (Å²) in [6.07, 6.45) is 1.61. The van der Waals surface area contributed by atoms with Crippen molar-refractivity contribution in [3.05, 3.63) is 62.0 Å². The molecule has 1 fully saturated rings. The molecule has 3 rings (SSSR count). The number of thioether (sulfide) groups is 1. The first-order chi connectivity index (χ1) is 13.9. The maximum absolute atomic E-state index is 13.0. The highest BCUT2D eigenvalue weighted by Gasteiger charge is 2.24. The van der Waals surface area contributed by atoms with E-state index in [1.165, 1.54) is 0 Å². The Morgan fingerprint density at radius 3 is 2.86 bits per heavy atom. The molecule has 8 heteroatoms. The molecule has 0 atom stereocenters. The van der Waals surface area contributed by atoms with Gasteiger partial charge in [0, 0.05) is 24.4 Å². The Bertz CT molecular complexity index is 1070. The molecule has 1 aliphatic heterocycles. The van der Waals surface area contributed by atoms with E-state index in [0.717, 1.165) is 17.7 Å². The molecule has 1 amide bonds. The van der Waals surface area contributed by atoms with Gasteiger partial charge in [-0.05, 0) is 49.9 Å². The van der Waals surface area contributed by atoms with Crippen molar-refractivity contribution in [3.63, 3.8) is 0 Å². The Hall–Kier alpha value is -2.56. The number of nitrogens with zero attached hydrogens (tertiary/aromatic N) is 3. The summed E-state index contributed by atoms with van der Waals surface area (Å²) in [4.78, 5) is 33.9. The van der Waals surface area contributed by atoms with E-state index >= 15 is 0 Å². The largest absolute Gasteiger partial charge is 0.325 e. The average molecular weight is 429 g/mol. The molecule has 0 saturated carbocycles. The second-order valence-corrected chi connectivity index (χ2v) is 8.23. The number of aromatic nitrogens is 1. The number of aryl methyl sites for hydroxylation is 1. The van der Waals surface area contributed by atoms with Crippen molar-refractivity contribution >= 4 is 40.1 Å². The predicted octanol–water partition coefficient (Wildman–Crippen LogP) is 4.10. The van der Waals surface area contributed by atoms with Gasteiger partial charge in [-0.3, -0.25) is 14.5 Å². The quantitative estimate of drug-likeness (QED) is 0.793. The van der Waals surface area contributed by atoms with Crippen molar-refractivity contribution < 1.29 is 4.79 Å². The fraction of sp³-hybridized carbons (Fsp3) is 0.333. The second-order valence-electron chi connectivity index (χ2n) is 6.76. The van der Waals surface area contributed by atoms with Crippen molar-refractivity contribution in [2.75, 3.05) is 12.3 Å². The minimum atomic E-state index is -0.390. The fourth-order valence-electron chi connectivity index (χ4n) is 3.32. The van der Waals surface area contributed by atoms with Crippen LogP contribution in [0.3, 0.4) is 0 Å². The molecule has 150 valence electrons. The molecule has 6 nitrogen and oxygen atoms in total. The summed E-state index contributed by atoms with van der Waals surface area (Å²) in [6.45, 7) is 4.15. The van der Waals surface area contributed by atoms with Crippen LogP contribution in [-0.2, 0) is 11.2 Å². The average Bonchev–Trinajstić information content (AvgIpc) is 2.70. The van der Waals surface area contributed by atoms with Crippen molar-refractivity contribution in [1.29, 1.82) is 5.26 Å². The standard InChI is InChI=1S/C21H21ClN4O2S/c1-13-15(14(2)24-20(28)16(13)12-23)8-9-19(27)26-10-5-11-29-21(26)25-18-7-4-3-6-17(18)22/h3-4,6-7H,5,8-11H2,1-2H3,(H,24,28). The number of halogens is 1. The highest BCUT2D eigenvalue weighted by atomic mass is 35.5. The third-order valence-electron chi connectivity index (χ3n) is 4.87. The van der Waals surface area contributed by atoms with Gasteiger partial charge in [-0.1, -0.05) is 35.5 Å². The molecule has 2 aromatic rings. The molecule has 2 heterocycles. The van der Waals surface area contributed by atoms with Crippen LogP contribution in [0.1, 0.15) is 35.2 Å². The lowest BCUT2D eigenvalue weighted by atomic mass is 9.99. The number of nitriles is 1. The van der Waals surface area contributed by atoms with Crippen molar-refractivity contribution in [1.82, 2.24) is 9.88 Å². The summed E-state index contributed by atoms with van der Waals surface area (Å²) < 4.78 is 0. The second kappa shape index (κ2) is 9.29. The van der Waals surface area contributed by atoms with Gasteiger partial charge < -0.3 is 4.98 Å². The molecule has 0 bridgehead atoms. The highest BCUT2D eigenvalue weighted by Crippen LogP contribution is 2.28. The topological polar surface area (TPSA) is 89.3 Å². The van der Waals surface area contributed by atoms with Crippen LogP contribution in [0.2, 0.25) is 5.02 Å². The van der Waals surface area contributed by atoms with Crippen molar-refractivity contribution in [2.24, 2.45) is 4.99 Å². The van der Waals surface area contributed by atoms with E-state index in [2.05, 4.69) is 9.98 Å². The zero-order valence-corrected chi connectivity index (χ0v) is 17.9. The zero-order valence-electron chi connectivity index (χ0n) is 16.3. The van der Waals surface area contributed by atoms with E-state index in [4.69, 9.17) is 11.6 Å². The molecule has 1 aliphatic rings. The van der Waals surface area contributed by atoms with Gasteiger partial charge in [0.15, 0.2) is 5.17 Å². The summed E-state index contributed by atoms with van der Waals surface area (Å²) in [5, 5.41) is 10.4. The first-order valence-corrected chi connectivity index (χ1v) is 10.7. The Kier molecular flexibility index (Phi) is 6.78. The lowest BCUT2D eigenvalue weighted by Crippen LogP contribution is -2.39. The van der Waals surface area contributed by atoms with Gasteiger partial charge in [-0.2, -0.15) is 5.26 Å². The maximum Gasteiger partial charge on any atom is 0.266 e. The molecule has 1 N–H and O–H groups in total. The van der Waals surface area contributed by atoms with Gasteiger partial charge in [0.25, 0.3) is 5.56 Å². The maximum atomic E-state index is 13.0. The SMILES string of the molecule is Cc1[nH]c(=O)c(C#N)c(C)c1CCC(=O)N1CCCSC1=Nc1ccccc1Cl. The number of nitrogens with one attached hydrogen (secondary N) is 1. The molecule has 0 spiro atoms. The molecule has 0 aliphatic carbocycles. The van der Waals surface area contributed by atoms with Crippen LogP contribution in [0.15, 0.2) is 34.1 Å². The lowest BCUT2D eigenvalue weighted by molar-refractivity contribution is -0.127. The molecule has 29 heavy (non-hydrogen) atoms. The molecular weight excluding hydrogens is 408 g/mol. The van der Waals surface area contributed by atoms with Crippen LogP contribution in [0.5, 0.6) is 0 Å². The number of pyridine rings is 1.